The highest BCUT2D eigenvalue weighted by Gasteiger charge is 2.33. The van der Waals surface area contributed by atoms with Crippen LogP contribution in [0.15, 0.2) is 285 Å². The molecule has 0 radical (unpaired) electrons. The number of fused-ring (bicyclic) bond motifs is 15. The number of nitrogens with zero attached hydrogens (tertiary/aromatic N) is 10. The highest BCUT2D eigenvalue weighted by molar-refractivity contribution is 6.32. The van der Waals surface area contributed by atoms with E-state index in [-0.39, 0.29) is 17.7 Å². The number of anilines is 6. The molecule has 0 aromatic heterocycles. The number of amides is 3. The molecule has 18 rings (SSSR count). The maximum absolute atomic E-state index is 15.0. The van der Waals surface area contributed by atoms with Crippen molar-refractivity contribution in [1.82, 2.24) is 0 Å². The summed E-state index contributed by atoms with van der Waals surface area (Å²) in [5.41, 5.74) is 27.2. The molecule has 0 bridgehead atoms. The molecule has 3 amide bonds. The van der Waals surface area contributed by atoms with Crippen molar-refractivity contribution in [2.75, 3.05) is 47.9 Å². The van der Waals surface area contributed by atoms with E-state index < -0.39 is 0 Å². The predicted octanol–water partition coefficient (Wildman–Crippen LogP) is 28.7. The Balaban J connectivity index is 0.738. The summed E-state index contributed by atoms with van der Waals surface area (Å²) in [6, 6.07) is 84.1. The lowest BCUT2D eigenvalue weighted by molar-refractivity contribution is 0.0983. The standard InChI is InChI=1S/C102H81Cl3N10O4/c1-10-60-19-13-16-22-90(60)112(6)100(116)81-52-66-28-46-78-83-55-69(103)31-25-63(83)49-86(78)93(66)96(58(81)4)109-106-72-34-40-75(41-35-72)115(76-42-36-73(37-43-76)107-110-97-59(5)82(101(117)113(7)91-23-17-14-20-61(91)11-2)53-67-29-47-79-84-56-70(104)32-26-64(84)50-87(79)94(67)97)77-44-38-74(39-45-77)108-111-98-95-68(30-48-80-85-57-71(105)33-27-65(85)51-88(80)95)54-89(99(98)119-9)102(118)114(8)92-24-18-15-21-62(92)12-3/h13-48,52-57H,10-12,49-51H2,1-9H3. The van der Waals surface area contributed by atoms with E-state index in [9.17, 15) is 9.59 Å². The molecule has 14 nitrogen and oxygen atoms in total. The number of carbonyl (C=O) groups excluding carboxylic acids is 3. The fraction of sp³-hybridized carbons (Fsp3) is 0.147. The monoisotopic (exact) mass is 1610 g/mol. The number of halogens is 3. The predicted molar refractivity (Wildman–Crippen MR) is 487 cm³/mol. The summed E-state index contributed by atoms with van der Waals surface area (Å²) < 4.78 is 6.33. The van der Waals surface area contributed by atoms with Crippen molar-refractivity contribution in [2.45, 2.75) is 73.1 Å². The second-order valence-electron chi connectivity index (χ2n) is 30.6. The van der Waals surface area contributed by atoms with Crippen LogP contribution in [0.1, 0.15) is 113 Å². The van der Waals surface area contributed by atoms with Crippen molar-refractivity contribution in [3.63, 3.8) is 0 Å². The number of aryl methyl sites for hydroxylation is 3. The first-order chi connectivity index (χ1) is 57.9. The summed E-state index contributed by atoms with van der Waals surface area (Å²) in [6.07, 6.45) is 4.20. The lowest BCUT2D eigenvalue weighted by Gasteiger charge is -2.25. The second kappa shape index (κ2) is 31.7. The van der Waals surface area contributed by atoms with Gasteiger partial charge in [0.2, 0.25) is 0 Å². The van der Waals surface area contributed by atoms with Gasteiger partial charge in [-0.1, -0.05) is 165 Å². The minimum atomic E-state index is -0.255. The normalized spacial score (nSPS) is 12.4. The lowest BCUT2D eigenvalue weighted by atomic mass is 9.92. The van der Waals surface area contributed by atoms with E-state index in [1.807, 2.05) is 222 Å². The van der Waals surface area contributed by atoms with Crippen molar-refractivity contribution < 1.29 is 19.1 Å². The third kappa shape index (κ3) is 13.8. The molecule has 0 saturated heterocycles. The molecule has 0 aliphatic heterocycles. The largest absolute Gasteiger partial charge is 0.494 e. The SMILES string of the molecule is CCc1ccccc1N(C)C(=O)c1cc2ccc3c(c2c(N=Nc2ccc(N(c4ccc(N=Nc5c(C)c(C(=O)N(C)c6ccccc6CC)cc6ccc7c(c56)Cc5ccc(Cl)cc5-7)cc4)c4ccc(N=Nc5c(OC)c(C(=O)N(C)c6ccccc6CC)cc6ccc7c(c56)Cc5ccc(Cl)cc5-7)cc4)cc2)c1C)Cc1ccc(Cl)cc1-3. The number of ether oxygens (including phenoxy) is 1. The first-order valence-corrected chi connectivity index (χ1v) is 41.1. The maximum atomic E-state index is 15.0. The number of carbonyl (C=O) groups is 3. The van der Waals surface area contributed by atoms with Gasteiger partial charge in [-0.25, -0.2) is 0 Å². The zero-order valence-electron chi connectivity index (χ0n) is 67.2. The van der Waals surface area contributed by atoms with Gasteiger partial charge in [-0.2, -0.15) is 15.3 Å². The highest BCUT2D eigenvalue weighted by Crippen LogP contribution is 2.53. The Hall–Kier alpha value is -13.2. The third-order valence-electron chi connectivity index (χ3n) is 23.9. The number of hydrogen-bond acceptors (Lipinski definition) is 11. The molecule has 17 heteroatoms. The van der Waals surface area contributed by atoms with Crippen LogP contribution < -0.4 is 24.3 Å². The van der Waals surface area contributed by atoms with Crippen LogP contribution in [0.3, 0.4) is 0 Å². The van der Waals surface area contributed by atoms with Gasteiger partial charge in [-0.05, 0) is 309 Å². The van der Waals surface area contributed by atoms with E-state index in [1.165, 1.54) is 0 Å². The molecule has 15 aromatic rings. The third-order valence-corrected chi connectivity index (χ3v) is 24.6. The van der Waals surface area contributed by atoms with Crippen LogP contribution in [-0.2, 0) is 38.5 Å². The molecule has 0 saturated carbocycles. The van der Waals surface area contributed by atoms with E-state index in [0.717, 1.165) is 169 Å². The zero-order valence-corrected chi connectivity index (χ0v) is 69.5. The number of rotatable bonds is 19. The topological polar surface area (TPSA) is 148 Å². The Morgan fingerprint density at radius 3 is 0.975 bits per heavy atom. The summed E-state index contributed by atoms with van der Waals surface area (Å²) in [5, 5.41) is 37.7. The van der Waals surface area contributed by atoms with E-state index in [0.29, 0.717) is 102 Å². The molecule has 0 unspecified atom stereocenters. The second-order valence-corrected chi connectivity index (χ2v) is 31.9. The summed E-state index contributed by atoms with van der Waals surface area (Å²) in [5.74, 6) is -0.256. The first-order valence-electron chi connectivity index (χ1n) is 40.0. The van der Waals surface area contributed by atoms with Crippen LogP contribution in [0.5, 0.6) is 5.75 Å². The minimum absolute atomic E-state index is 0.152. The lowest BCUT2D eigenvalue weighted by Crippen LogP contribution is -2.28. The molecular weight excluding hydrogens is 1540 g/mol. The summed E-state index contributed by atoms with van der Waals surface area (Å²) >= 11 is 20.0. The van der Waals surface area contributed by atoms with Crippen LogP contribution in [0.25, 0.3) is 65.7 Å². The number of hydrogen-bond donors (Lipinski definition) is 0. The molecule has 0 atom stereocenters. The minimum Gasteiger partial charge on any atom is -0.494 e. The van der Waals surface area contributed by atoms with Crippen LogP contribution in [0.4, 0.5) is 68.2 Å². The molecule has 0 N–H and O–H groups in total. The van der Waals surface area contributed by atoms with Gasteiger partial charge >= 0.3 is 0 Å². The Morgan fingerprint density at radius 2 is 0.647 bits per heavy atom. The first kappa shape index (κ1) is 77.0. The molecule has 0 spiro atoms. The van der Waals surface area contributed by atoms with Gasteiger partial charge in [0.15, 0.2) is 5.75 Å². The van der Waals surface area contributed by atoms with E-state index in [4.69, 9.17) is 70.2 Å². The number of benzene rings is 15. The maximum Gasteiger partial charge on any atom is 0.261 e. The fourth-order valence-electron chi connectivity index (χ4n) is 17.8. The van der Waals surface area contributed by atoms with Crippen LogP contribution in [0.2, 0.25) is 15.1 Å². The van der Waals surface area contributed by atoms with Crippen molar-refractivity contribution in [2.24, 2.45) is 30.7 Å². The van der Waals surface area contributed by atoms with Crippen LogP contribution in [0, 0.1) is 13.8 Å². The van der Waals surface area contributed by atoms with Crippen molar-refractivity contribution in [3.8, 4) is 39.1 Å². The number of azo groups is 3. The van der Waals surface area contributed by atoms with Gasteiger partial charge in [0.05, 0.1) is 41.1 Å². The van der Waals surface area contributed by atoms with E-state index in [1.54, 1.807) is 28.9 Å². The number of para-hydroxylation sites is 3. The average Bonchev–Trinajstić information content (AvgIpc) is 1.65. The number of methoxy groups -OCH3 is 1. The molecule has 0 fully saturated rings. The average molecular weight is 1620 g/mol. The Kier molecular flexibility index (Phi) is 20.5. The molecule has 15 aromatic carbocycles. The van der Waals surface area contributed by atoms with Crippen molar-refractivity contribution in [3.05, 3.63) is 348 Å². The van der Waals surface area contributed by atoms with Gasteiger partial charge in [0.25, 0.3) is 17.7 Å². The van der Waals surface area contributed by atoms with Gasteiger partial charge in [-0.3, -0.25) is 14.4 Å². The van der Waals surface area contributed by atoms with Gasteiger partial charge in [0.1, 0.15) is 5.69 Å². The van der Waals surface area contributed by atoms with Gasteiger partial charge < -0.3 is 24.3 Å². The summed E-state index contributed by atoms with van der Waals surface area (Å²) in [4.78, 5) is 52.3. The summed E-state index contributed by atoms with van der Waals surface area (Å²) in [7, 11) is 7.03. The highest BCUT2D eigenvalue weighted by atomic mass is 35.5. The van der Waals surface area contributed by atoms with Gasteiger partial charge in [0, 0.05) is 97.6 Å². The quantitative estimate of drug-likeness (QED) is 0.0740. The molecule has 0 heterocycles. The molecular formula is C102H81Cl3N10O4. The van der Waals surface area contributed by atoms with E-state index in [2.05, 4.69) is 86.3 Å². The Labute approximate surface area is 706 Å². The zero-order chi connectivity index (χ0) is 82.2. The molecule has 3 aliphatic carbocycles. The summed E-state index contributed by atoms with van der Waals surface area (Å²) in [6.45, 7) is 10.2. The fourth-order valence-corrected chi connectivity index (χ4v) is 18.3. The van der Waals surface area contributed by atoms with E-state index >= 15 is 4.79 Å². The molecule has 584 valence electrons. The molecule has 119 heavy (non-hydrogen) atoms. The smallest absolute Gasteiger partial charge is 0.261 e. The van der Waals surface area contributed by atoms with Crippen LogP contribution >= 0.6 is 34.8 Å². The Bertz CT molecular complexity index is 6570. The van der Waals surface area contributed by atoms with Crippen molar-refractivity contribution >= 4 is 153 Å². The van der Waals surface area contributed by atoms with Crippen molar-refractivity contribution in [1.29, 1.82) is 0 Å². The Morgan fingerprint density at radius 1 is 0.345 bits per heavy atom. The van der Waals surface area contributed by atoms with Gasteiger partial charge in [-0.15, -0.1) is 15.3 Å². The molecule has 3 aliphatic rings. The van der Waals surface area contributed by atoms with Crippen LogP contribution in [-0.4, -0.2) is 46.0 Å².